The number of hydrogen-bond donors (Lipinski definition) is 0. The first-order chi connectivity index (χ1) is 5.22. The lowest BCUT2D eigenvalue weighted by molar-refractivity contribution is 0.371. The smallest absolute Gasteiger partial charge is 0.0950 e. The lowest BCUT2D eigenvalue weighted by Crippen LogP contribution is -2.34. The Morgan fingerprint density at radius 2 is 2.09 bits per heavy atom. The fraction of sp³-hybridized carbons (Fsp3) is 1.00. The highest BCUT2D eigenvalue weighted by Crippen LogP contribution is 2.00. The minimum Gasteiger partial charge on any atom is -0.327 e. The summed E-state index contributed by atoms with van der Waals surface area (Å²) in [4.78, 5) is 0. The summed E-state index contributed by atoms with van der Waals surface area (Å²) < 4.78 is 2.72. The molecule has 0 atom stereocenters. The average molecular weight is 189 g/mol. The normalized spacial score (nSPS) is 12.8. The van der Waals surface area contributed by atoms with E-state index in [4.69, 9.17) is 0 Å². The molecule has 0 rings (SSSR count). The van der Waals surface area contributed by atoms with Crippen LogP contribution in [-0.4, -0.2) is 37.1 Å². The molecule has 0 aromatic heterocycles. The van der Waals surface area contributed by atoms with E-state index in [2.05, 4.69) is 25.3 Å². The van der Waals surface area contributed by atoms with Crippen LogP contribution in [0.4, 0.5) is 0 Å². The zero-order valence-electron chi connectivity index (χ0n) is 8.56. The second kappa shape index (κ2) is 7.07. The monoisotopic (exact) mass is 189 g/mol. The maximum absolute atomic E-state index is 2.72. The van der Waals surface area contributed by atoms with Crippen LogP contribution in [0.2, 0.25) is 12.1 Å². The number of hydrogen-bond acceptors (Lipinski definition) is 1. The standard InChI is InChI=1S/C8H23NSi2/c1-4-5-9(8(2)3)11-7-6-10/h8H,4-7,11H2,1-3,10H3. The quantitative estimate of drug-likeness (QED) is 0.547. The molecule has 0 heterocycles. The molecule has 1 nitrogen and oxygen atoms in total. The highest BCUT2D eigenvalue weighted by Gasteiger charge is 2.06. The summed E-state index contributed by atoms with van der Waals surface area (Å²) in [6, 6.07) is 3.86. The predicted molar refractivity (Wildman–Crippen MR) is 60.2 cm³/mol. The minimum atomic E-state index is 0.135. The third kappa shape index (κ3) is 5.64. The zero-order valence-corrected chi connectivity index (χ0v) is 12.0. The van der Waals surface area contributed by atoms with Gasteiger partial charge in [0.2, 0.25) is 0 Å². The van der Waals surface area contributed by atoms with Crippen molar-refractivity contribution in [3.05, 3.63) is 0 Å². The Hall–Kier alpha value is 0.394. The first-order valence-corrected chi connectivity index (χ1v) is 8.01. The third-order valence-electron chi connectivity index (χ3n) is 2.04. The molecule has 0 aliphatic rings. The van der Waals surface area contributed by atoms with Gasteiger partial charge < -0.3 is 4.57 Å². The van der Waals surface area contributed by atoms with Gasteiger partial charge in [-0.25, -0.2) is 0 Å². The van der Waals surface area contributed by atoms with E-state index in [0.29, 0.717) is 0 Å². The molecular weight excluding hydrogens is 166 g/mol. The second-order valence-electron chi connectivity index (χ2n) is 3.48. The van der Waals surface area contributed by atoms with E-state index >= 15 is 0 Å². The molecule has 0 fully saturated rings. The molecule has 11 heavy (non-hydrogen) atoms. The molecule has 0 N–H and O–H groups in total. The minimum absolute atomic E-state index is 0.135. The Morgan fingerprint density at radius 1 is 1.45 bits per heavy atom. The van der Waals surface area contributed by atoms with Gasteiger partial charge in [-0.15, -0.1) is 0 Å². The molecule has 0 aliphatic heterocycles. The lowest BCUT2D eigenvalue weighted by Gasteiger charge is -2.25. The SMILES string of the molecule is CCCN([SiH2]CC[SiH3])C(C)C. The van der Waals surface area contributed by atoms with Crippen LogP contribution >= 0.6 is 0 Å². The van der Waals surface area contributed by atoms with Gasteiger partial charge >= 0.3 is 0 Å². The van der Waals surface area contributed by atoms with E-state index in [0.717, 1.165) is 6.04 Å². The van der Waals surface area contributed by atoms with Crippen molar-refractivity contribution in [1.82, 2.24) is 4.57 Å². The van der Waals surface area contributed by atoms with Crippen molar-refractivity contribution in [1.29, 1.82) is 0 Å². The van der Waals surface area contributed by atoms with E-state index < -0.39 is 0 Å². The van der Waals surface area contributed by atoms with Crippen LogP contribution in [0.5, 0.6) is 0 Å². The predicted octanol–water partition coefficient (Wildman–Crippen LogP) is 0.393. The molecule has 0 amide bonds. The van der Waals surface area contributed by atoms with Gasteiger partial charge in [0.15, 0.2) is 0 Å². The molecular formula is C8H23NSi2. The Morgan fingerprint density at radius 3 is 2.45 bits per heavy atom. The highest BCUT2D eigenvalue weighted by molar-refractivity contribution is 6.34. The largest absolute Gasteiger partial charge is 0.327 e. The van der Waals surface area contributed by atoms with Crippen molar-refractivity contribution in [2.45, 2.75) is 45.3 Å². The molecule has 3 heteroatoms. The van der Waals surface area contributed by atoms with Crippen LogP contribution in [0, 0.1) is 0 Å². The summed E-state index contributed by atoms with van der Waals surface area (Å²) in [6.07, 6.45) is 1.33. The maximum atomic E-state index is 2.72. The van der Waals surface area contributed by atoms with E-state index in [9.17, 15) is 0 Å². The van der Waals surface area contributed by atoms with Crippen LogP contribution in [0.1, 0.15) is 27.2 Å². The molecule has 0 aromatic carbocycles. The molecule has 0 unspecified atom stereocenters. The highest BCUT2D eigenvalue weighted by atomic mass is 28.2. The molecule has 0 aliphatic carbocycles. The van der Waals surface area contributed by atoms with Gasteiger partial charge in [-0.3, -0.25) is 0 Å². The van der Waals surface area contributed by atoms with Gasteiger partial charge in [-0.05, 0) is 19.0 Å². The van der Waals surface area contributed by atoms with E-state index in [1.165, 1.54) is 29.3 Å². The number of nitrogens with zero attached hydrogens (tertiary/aromatic N) is 1. The van der Waals surface area contributed by atoms with Crippen molar-refractivity contribution < 1.29 is 0 Å². The average Bonchev–Trinajstić information content (AvgIpc) is 1.97. The van der Waals surface area contributed by atoms with Gasteiger partial charge in [0.25, 0.3) is 0 Å². The van der Waals surface area contributed by atoms with Gasteiger partial charge in [0.05, 0.1) is 9.68 Å². The van der Waals surface area contributed by atoms with Gasteiger partial charge in [0, 0.05) is 10.2 Å². The molecule has 0 radical (unpaired) electrons. The van der Waals surface area contributed by atoms with Crippen LogP contribution in [0.25, 0.3) is 0 Å². The van der Waals surface area contributed by atoms with Gasteiger partial charge in [0.1, 0.15) is 0 Å². The van der Waals surface area contributed by atoms with Crippen molar-refractivity contribution >= 4 is 19.9 Å². The van der Waals surface area contributed by atoms with Crippen LogP contribution in [0.3, 0.4) is 0 Å². The summed E-state index contributed by atoms with van der Waals surface area (Å²) in [5, 5.41) is 0. The number of rotatable bonds is 6. The summed E-state index contributed by atoms with van der Waals surface area (Å²) in [7, 11) is 1.54. The molecule has 0 bridgehead atoms. The molecule has 0 saturated heterocycles. The second-order valence-corrected chi connectivity index (χ2v) is 6.45. The lowest BCUT2D eigenvalue weighted by atomic mass is 10.4. The Labute approximate surface area is 76.9 Å². The molecule has 0 saturated carbocycles. The summed E-state index contributed by atoms with van der Waals surface area (Å²) in [6.45, 7) is 8.28. The Kier molecular flexibility index (Phi) is 7.32. The van der Waals surface area contributed by atoms with Crippen molar-refractivity contribution in [3.8, 4) is 0 Å². The van der Waals surface area contributed by atoms with Crippen LogP contribution in [-0.2, 0) is 0 Å². The molecule has 0 spiro atoms. The van der Waals surface area contributed by atoms with Crippen molar-refractivity contribution in [3.63, 3.8) is 0 Å². The third-order valence-corrected chi connectivity index (χ3v) is 6.81. The topological polar surface area (TPSA) is 3.24 Å². The maximum Gasteiger partial charge on any atom is 0.0950 e. The molecule has 0 aromatic rings. The Bertz CT molecular complexity index is 86.2. The first kappa shape index (κ1) is 11.4. The van der Waals surface area contributed by atoms with Crippen molar-refractivity contribution in [2.75, 3.05) is 6.54 Å². The summed E-state index contributed by atoms with van der Waals surface area (Å²) in [5.74, 6) is 0. The fourth-order valence-electron chi connectivity index (χ4n) is 1.28. The molecule has 68 valence electrons. The van der Waals surface area contributed by atoms with Crippen LogP contribution in [0.15, 0.2) is 0 Å². The van der Waals surface area contributed by atoms with Gasteiger partial charge in [-0.2, -0.15) is 0 Å². The van der Waals surface area contributed by atoms with E-state index in [1.54, 1.807) is 6.04 Å². The van der Waals surface area contributed by atoms with E-state index in [1.807, 2.05) is 0 Å². The first-order valence-electron chi connectivity index (χ1n) is 4.96. The van der Waals surface area contributed by atoms with Crippen LogP contribution < -0.4 is 0 Å². The van der Waals surface area contributed by atoms with Gasteiger partial charge in [-0.1, -0.05) is 32.9 Å². The van der Waals surface area contributed by atoms with E-state index in [-0.39, 0.29) is 9.68 Å². The summed E-state index contributed by atoms with van der Waals surface area (Å²) >= 11 is 0. The van der Waals surface area contributed by atoms with Crippen molar-refractivity contribution in [2.24, 2.45) is 0 Å². The summed E-state index contributed by atoms with van der Waals surface area (Å²) in [5.41, 5.74) is 0. The Balaban J connectivity index is 3.51. The fourth-order valence-corrected chi connectivity index (χ4v) is 4.00. The zero-order chi connectivity index (χ0) is 8.69.